The molecule has 0 saturated carbocycles. The molecule has 0 aliphatic rings. The van der Waals surface area contributed by atoms with Crippen molar-refractivity contribution in [1.29, 1.82) is 0 Å². The van der Waals surface area contributed by atoms with Gasteiger partial charge < -0.3 is 9.84 Å². The summed E-state index contributed by atoms with van der Waals surface area (Å²) in [5.74, 6) is 5.11. The van der Waals surface area contributed by atoms with Gasteiger partial charge in [-0.05, 0) is 26.8 Å². The molecule has 0 saturated heterocycles. The van der Waals surface area contributed by atoms with Crippen LogP contribution >= 0.6 is 0 Å². The number of ether oxygens (including phenoxy) is 1. The lowest BCUT2D eigenvalue weighted by Crippen LogP contribution is -2.45. The van der Waals surface area contributed by atoms with E-state index in [9.17, 15) is 9.59 Å². The third-order valence-electron chi connectivity index (χ3n) is 1.44. The average Bonchev–Trinajstić information content (AvgIpc) is 2.21. The van der Waals surface area contributed by atoms with Crippen molar-refractivity contribution in [1.82, 2.24) is 10.3 Å². The molecule has 4 N–H and O–H groups in total. The molecule has 106 valence electrons. The number of carbonyl (C=O) groups excluding carboxylic acids is 1. The van der Waals surface area contributed by atoms with E-state index in [0.29, 0.717) is 0 Å². The van der Waals surface area contributed by atoms with Crippen LogP contribution in [0.15, 0.2) is 29.9 Å². The molecule has 0 radical (unpaired) electrons. The van der Waals surface area contributed by atoms with Gasteiger partial charge in [-0.1, -0.05) is 12.7 Å². The van der Waals surface area contributed by atoms with Gasteiger partial charge >= 0.3 is 12.2 Å². The highest BCUT2D eigenvalue weighted by Gasteiger charge is 2.18. The lowest BCUT2D eigenvalue weighted by molar-refractivity contribution is 0.0602. The van der Waals surface area contributed by atoms with Crippen LogP contribution in [0.3, 0.4) is 0 Å². The molecule has 0 bridgehead atoms. The highest BCUT2D eigenvalue weighted by molar-refractivity contribution is 5.98. The van der Waals surface area contributed by atoms with E-state index in [1.54, 1.807) is 20.8 Å². The maximum Gasteiger partial charge on any atom is 0.437 e. The highest BCUT2D eigenvalue weighted by Crippen LogP contribution is 2.08. The van der Waals surface area contributed by atoms with Crippen LogP contribution in [-0.4, -0.2) is 33.9 Å². The first-order valence-electron chi connectivity index (χ1n) is 5.30. The van der Waals surface area contributed by atoms with Gasteiger partial charge in [0.05, 0.1) is 0 Å². The monoisotopic (exact) mass is 270 g/mol. The minimum Gasteiger partial charge on any atom is -0.465 e. The van der Waals surface area contributed by atoms with Crippen LogP contribution in [-0.2, 0) is 4.74 Å². The highest BCUT2D eigenvalue weighted by atomic mass is 16.6. The standard InChI is InChI=1S/C11H18N4O4/c1-5-6-7-15(12)8(13-9(16)17)14-10(18)19-11(2,3)4/h5-7H,1,12H2,2-4H3,(H,16,17)(H,13,14,18)/b7-6-. The van der Waals surface area contributed by atoms with Gasteiger partial charge in [0.2, 0.25) is 5.96 Å². The molecule has 8 heteroatoms. The fourth-order valence-corrected chi connectivity index (χ4v) is 0.841. The second kappa shape index (κ2) is 7.17. The van der Waals surface area contributed by atoms with Crippen molar-refractivity contribution >= 4 is 18.1 Å². The number of hydrogen-bond donors (Lipinski definition) is 3. The summed E-state index contributed by atoms with van der Waals surface area (Å²) in [7, 11) is 0. The van der Waals surface area contributed by atoms with Crippen LogP contribution < -0.4 is 11.2 Å². The number of rotatable bonds is 2. The largest absolute Gasteiger partial charge is 0.465 e. The lowest BCUT2D eigenvalue weighted by Gasteiger charge is -2.19. The van der Waals surface area contributed by atoms with Crippen LogP contribution in [0.25, 0.3) is 0 Å². The second-order valence-corrected chi connectivity index (χ2v) is 4.33. The zero-order chi connectivity index (χ0) is 15.1. The molecule has 19 heavy (non-hydrogen) atoms. The summed E-state index contributed by atoms with van der Waals surface area (Å²) in [6.07, 6.45) is 1.76. The summed E-state index contributed by atoms with van der Waals surface area (Å²) < 4.78 is 4.92. The number of amides is 2. The molecular weight excluding hydrogens is 252 g/mol. The molecule has 0 spiro atoms. The Hall–Kier alpha value is -2.35. The van der Waals surface area contributed by atoms with E-state index < -0.39 is 17.8 Å². The third-order valence-corrected chi connectivity index (χ3v) is 1.44. The van der Waals surface area contributed by atoms with E-state index in [2.05, 4.69) is 11.6 Å². The van der Waals surface area contributed by atoms with E-state index in [1.165, 1.54) is 18.4 Å². The van der Waals surface area contributed by atoms with Crippen molar-refractivity contribution in [2.24, 2.45) is 10.8 Å². The number of allylic oxidation sites excluding steroid dienone is 2. The van der Waals surface area contributed by atoms with Crippen LogP contribution in [0.5, 0.6) is 0 Å². The summed E-state index contributed by atoms with van der Waals surface area (Å²) >= 11 is 0. The first kappa shape index (κ1) is 16.6. The maximum absolute atomic E-state index is 11.5. The molecule has 0 aliphatic heterocycles. The van der Waals surface area contributed by atoms with E-state index in [0.717, 1.165) is 5.01 Å². The molecule has 8 nitrogen and oxygen atoms in total. The first-order chi connectivity index (χ1) is 8.65. The summed E-state index contributed by atoms with van der Waals surface area (Å²) in [6, 6.07) is 0. The Kier molecular flexibility index (Phi) is 6.28. The second-order valence-electron chi connectivity index (χ2n) is 4.33. The lowest BCUT2D eigenvalue weighted by atomic mass is 10.2. The molecule has 0 aliphatic carbocycles. The number of nitrogens with one attached hydrogen (secondary N) is 1. The predicted octanol–water partition coefficient (Wildman–Crippen LogP) is 1.42. The SMILES string of the molecule is C=C/C=C\N(N)/C(=N\C(=O)OC(C)(C)C)NC(=O)O. The average molecular weight is 270 g/mol. The Balaban J connectivity index is 5.02. The molecule has 0 fully saturated rings. The number of carboxylic acid groups (broad SMARTS) is 1. The smallest absolute Gasteiger partial charge is 0.437 e. The molecule has 0 aromatic heterocycles. The van der Waals surface area contributed by atoms with E-state index in [4.69, 9.17) is 15.7 Å². The van der Waals surface area contributed by atoms with Crippen LogP contribution in [0.4, 0.5) is 9.59 Å². The zero-order valence-electron chi connectivity index (χ0n) is 11.1. The first-order valence-corrected chi connectivity index (χ1v) is 5.30. The van der Waals surface area contributed by atoms with Gasteiger partial charge in [0.15, 0.2) is 0 Å². The molecule has 0 rings (SSSR count). The van der Waals surface area contributed by atoms with Crippen molar-refractivity contribution < 1.29 is 19.4 Å². The Labute approximate surface area is 111 Å². The van der Waals surface area contributed by atoms with Gasteiger partial charge in [-0.3, -0.25) is 10.3 Å². The van der Waals surface area contributed by atoms with E-state index in [1.807, 2.05) is 5.32 Å². The fraction of sp³-hybridized carbons (Fsp3) is 0.364. The van der Waals surface area contributed by atoms with E-state index >= 15 is 0 Å². The summed E-state index contributed by atoms with van der Waals surface area (Å²) in [5.41, 5.74) is -0.745. The van der Waals surface area contributed by atoms with Gasteiger partial charge in [0.1, 0.15) is 5.60 Å². The number of nitrogens with zero attached hydrogens (tertiary/aromatic N) is 2. The van der Waals surface area contributed by atoms with Crippen LogP contribution in [0, 0.1) is 0 Å². The Morgan fingerprint density at radius 2 is 2.05 bits per heavy atom. The molecule has 0 aromatic rings. The van der Waals surface area contributed by atoms with Crippen LogP contribution in [0.2, 0.25) is 0 Å². The molecule has 0 heterocycles. The number of carbonyl (C=O) groups is 2. The number of nitrogens with two attached hydrogens (primary N) is 1. The zero-order valence-corrected chi connectivity index (χ0v) is 11.1. The molecular formula is C11H18N4O4. The van der Waals surface area contributed by atoms with Crippen molar-refractivity contribution in [2.45, 2.75) is 26.4 Å². The van der Waals surface area contributed by atoms with Gasteiger partial charge in [-0.15, -0.1) is 4.99 Å². The van der Waals surface area contributed by atoms with Crippen molar-refractivity contribution in [3.63, 3.8) is 0 Å². The Morgan fingerprint density at radius 1 is 1.47 bits per heavy atom. The maximum atomic E-state index is 11.5. The van der Waals surface area contributed by atoms with E-state index in [-0.39, 0.29) is 5.96 Å². The number of guanidine groups is 1. The van der Waals surface area contributed by atoms with Crippen LogP contribution in [0.1, 0.15) is 20.8 Å². The quantitative estimate of drug-likeness (QED) is 0.230. The third kappa shape index (κ3) is 8.38. The van der Waals surface area contributed by atoms with Crippen molar-refractivity contribution in [3.05, 3.63) is 24.9 Å². The summed E-state index contributed by atoms with van der Waals surface area (Å²) in [4.78, 5) is 25.5. The normalized spacial score (nSPS) is 12.1. The number of hydrogen-bond acceptors (Lipinski definition) is 4. The number of aliphatic imine (C=N–C) groups is 1. The summed E-state index contributed by atoms with van der Waals surface area (Å²) in [5, 5.41) is 11.3. The van der Waals surface area contributed by atoms with Crippen molar-refractivity contribution in [2.75, 3.05) is 0 Å². The molecule has 0 atom stereocenters. The molecule has 0 unspecified atom stereocenters. The topological polar surface area (TPSA) is 117 Å². The predicted molar refractivity (Wildman–Crippen MR) is 70.2 cm³/mol. The minimum absolute atomic E-state index is 0.389. The van der Waals surface area contributed by atoms with Gasteiger partial charge in [-0.25, -0.2) is 15.4 Å². The Bertz CT molecular complexity index is 409. The van der Waals surface area contributed by atoms with Gasteiger partial charge in [0.25, 0.3) is 0 Å². The number of hydrazine groups is 1. The van der Waals surface area contributed by atoms with Gasteiger partial charge in [-0.2, -0.15) is 0 Å². The minimum atomic E-state index is -1.41. The fourth-order valence-electron chi connectivity index (χ4n) is 0.841. The van der Waals surface area contributed by atoms with Gasteiger partial charge in [0, 0.05) is 6.20 Å². The van der Waals surface area contributed by atoms with Crippen molar-refractivity contribution in [3.8, 4) is 0 Å². The molecule has 0 aromatic carbocycles. The summed E-state index contributed by atoms with van der Waals surface area (Å²) in [6.45, 7) is 8.39. The Morgan fingerprint density at radius 3 is 2.47 bits per heavy atom. The molecule has 2 amide bonds.